The Morgan fingerprint density at radius 1 is 1.50 bits per heavy atom. The molecular weight excluding hydrogens is 230 g/mol. The first-order chi connectivity index (χ1) is 8.71. The predicted molar refractivity (Wildman–Crippen MR) is 69.7 cm³/mol. The molecular formula is C13H15N3O2. The van der Waals surface area contributed by atoms with Crippen molar-refractivity contribution in [1.82, 2.24) is 9.78 Å². The molecule has 94 valence electrons. The third-order valence-electron chi connectivity index (χ3n) is 2.79. The third kappa shape index (κ3) is 1.95. The maximum Gasteiger partial charge on any atom is 0.156 e. The Morgan fingerprint density at radius 3 is 2.89 bits per heavy atom. The van der Waals surface area contributed by atoms with Gasteiger partial charge in [0.2, 0.25) is 0 Å². The molecule has 1 heterocycles. The number of nitrogens with zero attached hydrogens (tertiary/aromatic N) is 2. The molecule has 0 saturated heterocycles. The molecule has 1 aromatic heterocycles. The molecule has 0 saturated carbocycles. The van der Waals surface area contributed by atoms with Crippen LogP contribution < -0.4 is 10.5 Å². The van der Waals surface area contributed by atoms with E-state index in [2.05, 4.69) is 5.10 Å². The molecule has 0 amide bonds. The van der Waals surface area contributed by atoms with Crippen LogP contribution in [-0.4, -0.2) is 23.2 Å². The molecule has 0 atom stereocenters. The van der Waals surface area contributed by atoms with E-state index in [-0.39, 0.29) is 0 Å². The number of aryl methyl sites for hydroxylation is 1. The Balaban J connectivity index is 2.58. The summed E-state index contributed by atoms with van der Waals surface area (Å²) in [5.74, 6) is 1.11. The second kappa shape index (κ2) is 4.91. The molecule has 2 N–H and O–H groups in total. The van der Waals surface area contributed by atoms with Crippen molar-refractivity contribution in [2.24, 2.45) is 0 Å². The van der Waals surface area contributed by atoms with Crippen LogP contribution in [0.2, 0.25) is 0 Å². The smallest absolute Gasteiger partial charge is 0.156 e. The summed E-state index contributed by atoms with van der Waals surface area (Å²) < 4.78 is 6.77. The number of carbonyl (C=O) groups excluding carboxylic acids is 1. The fourth-order valence-electron chi connectivity index (χ4n) is 1.83. The Bertz CT molecular complexity index is 576. The Hall–Kier alpha value is -2.30. The molecule has 0 radical (unpaired) electrons. The third-order valence-corrected chi connectivity index (χ3v) is 2.79. The first-order valence-corrected chi connectivity index (χ1v) is 5.67. The Labute approximate surface area is 105 Å². The van der Waals surface area contributed by atoms with Gasteiger partial charge in [-0.1, -0.05) is 12.1 Å². The van der Waals surface area contributed by atoms with Crippen molar-refractivity contribution in [3.63, 3.8) is 0 Å². The van der Waals surface area contributed by atoms with Gasteiger partial charge in [0.1, 0.15) is 17.3 Å². The minimum absolute atomic E-state index is 0.394. The number of hydrogen-bond acceptors (Lipinski definition) is 4. The average molecular weight is 245 g/mol. The number of carbonyl (C=O) groups is 1. The topological polar surface area (TPSA) is 70.1 Å². The van der Waals surface area contributed by atoms with Crippen LogP contribution in [0.4, 0.5) is 5.82 Å². The molecule has 0 aliphatic heterocycles. The monoisotopic (exact) mass is 245 g/mol. The summed E-state index contributed by atoms with van der Waals surface area (Å²) in [7, 11) is 1.60. The van der Waals surface area contributed by atoms with E-state index < -0.39 is 0 Å². The molecule has 0 spiro atoms. The van der Waals surface area contributed by atoms with Crippen LogP contribution in [0.3, 0.4) is 0 Å². The minimum atomic E-state index is 0.394. The van der Waals surface area contributed by atoms with Gasteiger partial charge >= 0.3 is 0 Å². The average Bonchev–Trinajstić information content (AvgIpc) is 2.75. The van der Waals surface area contributed by atoms with Crippen LogP contribution in [0, 0.1) is 0 Å². The summed E-state index contributed by atoms with van der Waals surface area (Å²) in [4.78, 5) is 11.1. The van der Waals surface area contributed by atoms with Crippen molar-refractivity contribution < 1.29 is 9.53 Å². The van der Waals surface area contributed by atoms with Crippen molar-refractivity contribution in [2.75, 3.05) is 12.8 Å². The lowest BCUT2D eigenvalue weighted by molar-refractivity contribution is 0.112. The fourth-order valence-corrected chi connectivity index (χ4v) is 1.83. The zero-order chi connectivity index (χ0) is 13.1. The number of methoxy groups -OCH3 is 1. The lowest BCUT2D eigenvalue weighted by atomic mass is 10.1. The van der Waals surface area contributed by atoms with E-state index in [0.29, 0.717) is 29.4 Å². The number of hydrogen-bond donors (Lipinski definition) is 1. The van der Waals surface area contributed by atoms with E-state index in [9.17, 15) is 4.79 Å². The molecule has 0 aliphatic rings. The number of aromatic nitrogens is 2. The molecule has 0 aliphatic carbocycles. The maximum atomic E-state index is 11.1. The number of ether oxygens (including phenoxy) is 1. The van der Waals surface area contributed by atoms with Crippen LogP contribution >= 0.6 is 0 Å². The fraction of sp³-hybridized carbons (Fsp3) is 0.231. The molecule has 1 aromatic carbocycles. The van der Waals surface area contributed by atoms with Crippen molar-refractivity contribution in [1.29, 1.82) is 0 Å². The van der Waals surface area contributed by atoms with E-state index in [1.165, 1.54) is 0 Å². The van der Waals surface area contributed by atoms with Crippen molar-refractivity contribution in [3.8, 4) is 17.0 Å². The highest BCUT2D eigenvalue weighted by atomic mass is 16.5. The normalized spacial score (nSPS) is 10.3. The number of aldehydes is 1. The largest absolute Gasteiger partial charge is 0.497 e. The van der Waals surface area contributed by atoms with Gasteiger partial charge in [-0.15, -0.1) is 0 Å². The van der Waals surface area contributed by atoms with Crippen molar-refractivity contribution >= 4 is 12.1 Å². The molecule has 0 fully saturated rings. The highest BCUT2D eigenvalue weighted by Crippen LogP contribution is 2.28. The summed E-state index contributed by atoms with van der Waals surface area (Å²) in [6.45, 7) is 2.55. The molecule has 18 heavy (non-hydrogen) atoms. The maximum absolute atomic E-state index is 11.1. The van der Waals surface area contributed by atoms with Gasteiger partial charge in [-0.25, -0.2) is 4.68 Å². The second-order valence-corrected chi connectivity index (χ2v) is 3.81. The highest BCUT2D eigenvalue weighted by molar-refractivity contribution is 5.91. The van der Waals surface area contributed by atoms with Gasteiger partial charge in [0.15, 0.2) is 6.29 Å². The number of nitrogens with two attached hydrogens (primary N) is 1. The number of rotatable bonds is 4. The summed E-state index contributed by atoms with van der Waals surface area (Å²) >= 11 is 0. The number of anilines is 1. The first-order valence-electron chi connectivity index (χ1n) is 5.67. The molecule has 5 heteroatoms. The van der Waals surface area contributed by atoms with E-state index in [1.807, 2.05) is 31.2 Å². The SMILES string of the molecule is CCn1nc(-c2cccc(OC)c2)c(C=O)c1N. The van der Waals surface area contributed by atoms with Gasteiger partial charge in [0.05, 0.1) is 12.7 Å². The van der Waals surface area contributed by atoms with E-state index >= 15 is 0 Å². The number of nitrogen functional groups attached to an aromatic ring is 1. The van der Waals surface area contributed by atoms with Gasteiger partial charge in [0.25, 0.3) is 0 Å². The zero-order valence-corrected chi connectivity index (χ0v) is 10.4. The highest BCUT2D eigenvalue weighted by Gasteiger charge is 2.16. The zero-order valence-electron chi connectivity index (χ0n) is 10.4. The van der Waals surface area contributed by atoms with Crippen LogP contribution in [0.5, 0.6) is 5.75 Å². The Kier molecular flexibility index (Phi) is 3.32. The van der Waals surface area contributed by atoms with Gasteiger partial charge in [0, 0.05) is 12.1 Å². The number of benzene rings is 1. The van der Waals surface area contributed by atoms with Crippen molar-refractivity contribution in [3.05, 3.63) is 29.8 Å². The summed E-state index contributed by atoms with van der Waals surface area (Å²) in [6, 6.07) is 7.39. The van der Waals surface area contributed by atoms with Crippen LogP contribution in [0.15, 0.2) is 24.3 Å². The van der Waals surface area contributed by atoms with Crippen LogP contribution in [0.25, 0.3) is 11.3 Å². The molecule has 5 nitrogen and oxygen atoms in total. The standard InChI is InChI=1S/C13H15N3O2/c1-3-16-13(14)11(8-17)12(15-16)9-5-4-6-10(7-9)18-2/h4-8H,3,14H2,1-2H3. The lowest BCUT2D eigenvalue weighted by Crippen LogP contribution is -2.02. The molecule has 0 unspecified atom stereocenters. The van der Waals surface area contributed by atoms with Gasteiger partial charge < -0.3 is 10.5 Å². The molecule has 2 aromatic rings. The van der Waals surface area contributed by atoms with Crippen molar-refractivity contribution in [2.45, 2.75) is 13.5 Å². The molecule has 0 bridgehead atoms. The van der Waals surface area contributed by atoms with E-state index in [4.69, 9.17) is 10.5 Å². The molecule has 2 rings (SSSR count). The van der Waals surface area contributed by atoms with Crippen LogP contribution in [-0.2, 0) is 6.54 Å². The minimum Gasteiger partial charge on any atom is -0.497 e. The Morgan fingerprint density at radius 2 is 2.28 bits per heavy atom. The quantitative estimate of drug-likeness (QED) is 0.836. The first kappa shape index (κ1) is 12.2. The van der Waals surface area contributed by atoms with Gasteiger partial charge in [-0.2, -0.15) is 5.10 Å². The predicted octanol–water partition coefficient (Wildman–Crippen LogP) is 1.97. The summed E-state index contributed by atoms with van der Waals surface area (Å²) in [6.07, 6.45) is 0.739. The van der Waals surface area contributed by atoms with Gasteiger partial charge in [-0.3, -0.25) is 4.79 Å². The summed E-state index contributed by atoms with van der Waals surface area (Å²) in [5.41, 5.74) is 7.69. The van der Waals surface area contributed by atoms with Gasteiger partial charge in [-0.05, 0) is 19.1 Å². The lowest BCUT2D eigenvalue weighted by Gasteiger charge is -2.02. The second-order valence-electron chi connectivity index (χ2n) is 3.81. The summed E-state index contributed by atoms with van der Waals surface area (Å²) in [5, 5.41) is 4.35. The van der Waals surface area contributed by atoms with Crippen LogP contribution in [0.1, 0.15) is 17.3 Å². The van der Waals surface area contributed by atoms with E-state index in [1.54, 1.807) is 11.8 Å². The van der Waals surface area contributed by atoms with E-state index in [0.717, 1.165) is 11.8 Å².